The fourth-order valence-corrected chi connectivity index (χ4v) is 8.65. The molecule has 0 aromatic heterocycles. The van der Waals surface area contributed by atoms with Crippen LogP contribution in [0.15, 0.2) is 194 Å². The summed E-state index contributed by atoms with van der Waals surface area (Å²) in [6.45, 7) is 0. The summed E-state index contributed by atoms with van der Waals surface area (Å²) in [6, 6.07) is 70.9. The van der Waals surface area contributed by atoms with Crippen molar-refractivity contribution in [2.24, 2.45) is 0 Å². The van der Waals surface area contributed by atoms with Crippen molar-refractivity contribution in [2.45, 2.75) is 18.3 Å². The van der Waals surface area contributed by atoms with Crippen molar-refractivity contribution >= 4 is 32.3 Å². The van der Waals surface area contributed by atoms with Crippen molar-refractivity contribution in [1.29, 1.82) is 0 Å². The van der Waals surface area contributed by atoms with Gasteiger partial charge in [-0.15, -0.1) is 0 Å². The Hall–Kier alpha value is -6.44. The minimum atomic E-state index is -0.427. The first-order valence-electron chi connectivity index (χ1n) is 18.2. The number of rotatable bonds is 6. The Morgan fingerprint density at radius 2 is 0.750 bits per heavy atom. The SMILES string of the molecule is c1ccc(-c2ccc(CC3(Cc4ccc(-c5ccc6ccccc6c5)cc4)c4c(ccc5ccccc45)Oc4ccc5ccccc5c43)cc2)cc1. The smallest absolute Gasteiger partial charge is 0.132 e. The van der Waals surface area contributed by atoms with E-state index in [1.807, 2.05) is 0 Å². The summed E-state index contributed by atoms with van der Waals surface area (Å²) < 4.78 is 6.91. The first-order chi connectivity index (χ1) is 25.7. The maximum absolute atomic E-state index is 6.91. The molecule has 9 aromatic rings. The van der Waals surface area contributed by atoms with Crippen molar-refractivity contribution in [3.8, 4) is 33.8 Å². The third kappa shape index (κ3) is 5.17. The molecular formula is C51H36O. The second-order valence-electron chi connectivity index (χ2n) is 14.2. The molecule has 0 saturated carbocycles. The fourth-order valence-electron chi connectivity index (χ4n) is 8.65. The van der Waals surface area contributed by atoms with Gasteiger partial charge in [-0.2, -0.15) is 0 Å². The molecule has 1 heterocycles. The third-order valence-corrected chi connectivity index (χ3v) is 11.1. The zero-order valence-corrected chi connectivity index (χ0v) is 28.8. The second-order valence-corrected chi connectivity index (χ2v) is 14.2. The Balaban J connectivity index is 1.18. The van der Waals surface area contributed by atoms with Gasteiger partial charge in [0, 0.05) is 16.5 Å². The van der Waals surface area contributed by atoms with Gasteiger partial charge in [-0.1, -0.05) is 176 Å². The minimum Gasteiger partial charge on any atom is -0.457 e. The zero-order chi connectivity index (χ0) is 34.5. The van der Waals surface area contributed by atoms with Crippen molar-refractivity contribution in [3.63, 3.8) is 0 Å². The molecular weight excluding hydrogens is 629 g/mol. The van der Waals surface area contributed by atoms with E-state index < -0.39 is 5.41 Å². The van der Waals surface area contributed by atoms with Crippen LogP contribution in [0.25, 0.3) is 54.6 Å². The lowest BCUT2D eigenvalue weighted by Gasteiger charge is -2.42. The van der Waals surface area contributed by atoms with E-state index in [0.29, 0.717) is 0 Å². The predicted molar refractivity (Wildman–Crippen MR) is 217 cm³/mol. The summed E-state index contributed by atoms with van der Waals surface area (Å²) in [7, 11) is 0. The molecule has 0 N–H and O–H groups in total. The average Bonchev–Trinajstić information content (AvgIpc) is 3.21. The number of hydrogen-bond donors (Lipinski definition) is 0. The molecule has 0 bridgehead atoms. The highest BCUT2D eigenvalue weighted by atomic mass is 16.5. The fraction of sp³-hybridized carbons (Fsp3) is 0.0588. The molecule has 1 aliphatic rings. The number of benzene rings is 9. The number of hydrogen-bond acceptors (Lipinski definition) is 1. The van der Waals surface area contributed by atoms with Crippen LogP contribution in [0.5, 0.6) is 11.5 Å². The average molecular weight is 665 g/mol. The first kappa shape index (κ1) is 30.4. The van der Waals surface area contributed by atoms with Crippen LogP contribution >= 0.6 is 0 Å². The summed E-state index contributed by atoms with van der Waals surface area (Å²) >= 11 is 0. The summed E-state index contributed by atoms with van der Waals surface area (Å²) in [4.78, 5) is 0. The van der Waals surface area contributed by atoms with Gasteiger partial charge in [0.2, 0.25) is 0 Å². The number of fused-ring (bicyclic) bond motifs is 7. The molecule has 0 unspecified atom stereocenters. The van der Waals surface area contributed by atoms with Crippen LogP contribution in [0.4, 0.5) is 0 Å². The summed E-state index contributed by atoms with van der Waals surface area (Å²) in [5.74, 6) is 1.88. The van der Waals surface area contributed by atoms with Gasteiger partial charge in [-0.25, -0.2) is 0 Å². The second kappa shape index (κ2) is 12.4. The van der Waals surface area contributed by atoms with E-state index in [2.05, 4.69) is 194 Å². The van der Waals surface area contributed by atoms with Gasteiger partial charge >= 0.3 is 0 Å². The first-order valence-corrected chi connectivity index (χ1v) is 18.2. The molecule has 9 aromatic carbocycles. The summed E-state index contributed by atoms with van der Waals surface area (Å²) in [5.41, 5.74) is 9.61. The van der Waals surface area contributed by atoms with Gasteiger partial charge in [0.05, 0.1) is 0 Å². The molecule has 10 rings (SSSR count). The highest BCUT2D eigenvalue weighted by Gasteiger charge is 2.45. The molecule has 0 saturated heterocycles. The quantitative estimate of drug-likeness (QED) is 0.172. The molecule has 0 amide bonds. The number of ether oxygens (including phenoxy) is 1. The van der Waals surface area contributed by atoms with Crippen LogP contribution in [0.2, 0.25) is 0 Å². The molecule has 52 heavy (non-hydrogen) atoms. The summed E-state index contributed by atoms with van der Waals surface area (Å²) in [6.07, 6.45) is 1.64. The molecule has 1 heteroatoms. The standard InChI is InChI=1S/C51H36O/c1-2-10-37(11-3-1)39-22-18-35(19-23-39)33-51(34-36-20-24-40(25-21-36)44-27-26-38-12-4-5-15-43(38)32-44)49-45-16-8-6-13-41(45)28-30-47(49)52-48-31-29-42-14-7-9-17-46(42)50(48)51/h1-32H,33-34H2. The van der Waals surface area contributed by atoms with E-state index in [4.69, 9.17) is 4.74 Å². The van der Waals surface area contributed by atoms with Crippen LogP contribution in [0.3, 0.4) is 0 Å². The molecule has 0 spiro atoms. The van der Waals surface area contributed by atoms with Crippen molar-refractivity contribution < 1.29 is 4.74 Å². The maximum atomic E-state index is 6.91. The van der Waals surface area contributed by atoms with Crippen LogP contribution in [0.1, 0.15) is 22.3 Å². The normalized spacial score (nSPS) is 13.1. The van der Waals surface area contributed by atoms with Crippen LogP contribution in [-0.4, -0.2) is 0 Å². The van der Waals surface area contributed by atoms with Gasteiger partial charge in [-0.3, -0.25) is 0 Å². The highest BCUT2D eigenvalue weighted by molar-refractivity contribution is 5.96. The van der Waals surface area contributed by atoms with E-state index in [-0.39, 0.29) is 0 Å². The molecule has 0 fully saturated rings. The van der Waals surface area contributed by atoms with Gasteiger partial charge < -0.3 is 4.74 Å². The van der Waals surface area contributed by atoms with Gasteiger partial charge in [0.15, 0.2) is 0 Å². The molecule has 246 valence electrons. The van der Waals surface area contributed by atoms with Crippen molar-refractivity contribution in [3.05, 3.63) is 216 Å². The Labute approximate surface area is 304 Å². The Morgan fingerprint density at radius 1 is 0.327 bits per heavy atom. The Kier molecular flexibility index (Phi) is 7.25. The van der Waals surface area contributed by atoms with Gasteiger partial charge in [0.25, 0.3) is 0 Å². The highest BCUT2D eigenvalue weighted by Crippen LogP contribution is 2.56. The van der Waals surface area contributed by atoms with E-state index >= 15 is 0 Å². The van der Waals surface area contributed by atoms with Gasteiger partial charge in [0.1, 0.15) is 11.5 Å². The molecule has 0 aliphatic carbocycles. The lowest BCUT2D eigenvalue weighted by atomic mass is 9.63. The Bertz CT molecular complexity index is 2660. The third-order valence-electron chi connectivity index (χ3n) is 11.1. The molecule has 1 aliphatic heterocycles. The van der Waals surface area contributed by atoms with Gasteiger partial charge in [-0.05, 0) is 96.7 Å². The molecule has 1 nitrogen and oxygen atoms in total. The monoisotopic (exact) mass is 664 g/mol. The molecule has 0 radical (unpaired) electrons. The predicted octanol–water partition coefficient (Wildman–Crippen LogP) is 13.4. The van der Waals surface area contributed by atoms with Crippen molar-refractivity contribution in [1.82, 2.24) is 0 Å². The van der Waals surface area contributed by atoms with Crippen molar-refractivity contribution in [2.75, 3.05) is 0 Å². The minimum absolute atomic E-state index is 0.427. The van der Waals surface area contributed by atoms with Crippen LogP contribution in [-0.2, 0) is 18.3 Å². The maximum Gasteiger partial charge on any atom is 0.132 e. The van der Waals surface area contributed by atoms with Crippen LogP contribution in [0, 0.1) is 0 Å². The van der Waals surface area contributed by atoms with E-state index in [0.717, 1.165) is 24.3 Å². The largest absolute Gasteiger partial charge is 0.457 e. The topological polar surface area (TPSA) is 9.23 Å². The van der Waals surface area contributed by atoms with E-state index in [9.17, 15) is 0 Å². The Morgan fingerprint density at radius 3 is 1.33 bits per heavy atom. The van der Waals surface area contributed by atoms with Crippen LogP contribution < -0.4 is 4.74 Å². The van der Waals surface area contributed by atoms with E-state index in [1.165, 1.54) is 76.8 Å². The molecule has 0 atom stereocenters. The lowest BCUT2D eigenvalue weighted by Crippen LogP contribution is -2.37. The lowest BCUT2D eigenvalue weighted by molar-refractivity contribution is 0.391. The summed E-state index contributed by atoms with van der Waals surface area (Å²) in [5, 5.41) is 7.46. The zero-order valence-electron chi connectivity index (χ0n) is 28.8. The van der Waals surface area contributed by atoms with E-state index in [1.54, 1.807) is 0 Å².